The number of carbonyl (C=O) groups is 1. The number of piperidine rings is 1. The van der Waals surface area contributed by atoms with E-state index in [0.717, 1.165) is 23.2 Å². The number of hydrogen-bond acceptors (Lipinski definition) is 5. The van der Waals surface area contributed by atoms with Crippen LogP contribution in [0, 0.1) is 0 Å². The molecule has 1 aliphatic heterocycles. The van der Waals surface area contributed by atoms with Gasteiger partial charge >= 0.3 is 5.56 Å². The third-order valence-corrected chi connectivity index (χ3v) is 4.51. The van der Waals surface area contributed by atoms with Crippen LogP contribution in [0.15, 0.2) is 40.2 Å². The van der Waals surface area contributed by atoms with Crippen LogP contribution in [0.25, 0.3) is 0 Å². The molecule has 8 nitrogen and oxygen atoms in total. The maximum atomic E-state index is 12.6. The van der Waals surface area contributed by atoms with Crippen LogP contribution in [0.5, 0.6) is 0 Å². The molecule has 2 heterocycles. The van der Waals surface area contributed by atoms with Crippen molar-refractivity contribution in [3.05, 3.63) is 51.9 Å². The number of benzene rings is 1. The van der Waals surface area contributed by atoms with Crippen LogP contribution in [0.3, 0.4) is 0 Å². The molecule has 1 fully saturated rings. The maximum absolute atomic E-state index is 12.6. The van der Waals surface area contributed by atoms with Crippen molar-refractivity contribution in [3.63, 3.8) is 0 Å². The van der Waals surface area contributed by atoms with Gasteiger partial charge in [-0.25, -0.2) is 0 Å². The largest absolute Gasteiger partial charge is 0.348 e. The van der Waals surface area contributed by atoms with Crippen molar-refractivity contribution in [2.45, 2.75) is 57.7 Å². The predicted octanol–water partition coefficient (Wildman–Crippen LogP) is 1.49. The van der Waals surface area contributed by atoms with E-state index in [4.69, 9.17) is 0 Å². The second-order valence-corrected chi connectivity index (χ2v) is 8.30. The second-order valence-electron chi connectivity index (χ2n) is 8.30. The number of aromatic nitrogens is 3. The summed E-state index contributed by atoms with van der Waals surface area (Å²) in [4.78, 5) is 25.9. The number of rotatable bonds is 4. The van der Waals surface area contributed by atoms with E-state index in [1.165, 1.54) is 6.21 Å². The second kappa shape index (κ2) is 7.11. The molecule has 1 aromatic carbocycles. The van der Waals surface area contributed by atoms with E-state index in [1.54, 1.807) is 0 Å². The lowest BCUT2D eigenvalue weighted by molar-refractivity contribution is 0.0867. The van der Waals surface area contributed by atoms with E-state index in [1.807, 2.05) is 30.3 Å². The zero-order chi connectivity index (χ0) is 19.7. The van der Waals surface area contributed by atoms with Crippen molar-refractivity contribution >= 4 is 12.1 Å². The zero-order valence-corrected chi connectivity index (χ0v) is 16.1. The summed E-state index contributed by atoms with van der Waals surface area (Å²) in [7, 11) is 0. The van der Waals surface area contributed by atoms with Crippen molar-refractivity contribution in [2.24, 2.45) is 5.10 Å². The molecule has 1 aliphatic rings. The van der Waals surface area contributed by atoms with Gasteiger partial charge in [-0.2, -0.15) is 10.3 Å². The Bertz CT molecular complexity index is 878. The zero-order valence-electron chi connectivity index (χ0n) is 16.1. The van der Waals surface area contributed by atoms with Gasteiger partial charge in [-0.15, -0.1) is 9.89 Å². The number of carbonyl (C=O) groups excluding carboxylic acids is 1. The molecule has 0 spiro atoms. The summed E-state index contributed by atoms with van der Waals surface area (Å²) < 4.78 is 0. The van der Waals surface area contributed by atoms with Crippen LogP contribution in [-0.4, -0.2) is 44.3 Å². The Morgan fingerprint density at radius 3 is 2.48 bits per heavy atom. The molecule has 0 aliphatic carbocycles. The van der Waals surface area contributed by atoms with E-state index < -0.39 is 11.5 Å². The molecule has 27 heavy (non-hydrogen) atoms. The first-order chi connectivity index (χ1) is 12.7. The summed E-state index contributed by atoms with van der Waals surface area (Å²) in [5.74, 6) is -0.483. The highest BCUT2D eigenvalue weighted by Gasteiger charge is 2.38. The highest BCUT2D eigenvalue weighted by molar-refractivity contribution is 5.92. The van der Waals surface area contributed by atoms with Gasteiger partial charge in [-0.1, -0.05) is 30.3 Å². The van der Waals surface area contributed by atoms with Gasteiger partial charge in [0.1, 0.15) is 0 Å². The molecule has 8 heteroatoms. The summed E-state index contributed by atoms with van der Waals surface area (Å²) >= 11 is 0. The quantitative estimate of drug-likeness (QED) is 0.709. The summed E-state index contributed by atoms with van der Waals surface area (Å²) in [6.45, 7) is 8.42. The van der Waals surface area contributed by atoms with Gasteiger partial charge in [0, 0.05) is 17.1 Å². The standard InChI is InChI=1S/C19H26N6O2/c1-18(2)10-14(11-19(3,4)23-18)21-16(26)15-17(27)25(24-22-15)20-12-13-8-6-5-7-9-13/h5-9,12,14,23-24H,10-11H2,1-4H3,(H,21,26). The molecule has 0 bridgehead atoms. The van der Waals surface area contributed by atoms with E-state index in [-0.39, 0.29) is 22.8 Å². The van der Waals surface area contributed by atoms with Crippen molar-refractivity contribution < 1.29 is 4.79 Å². The summed E-state index contributed by atoms with van der Waals surface area (Å²) in [6, 6.07) is 9.32. The fourth-order valence-corrected chi connectivity index (χ4v) is 3.86. The van der Waals surface area contributed by atoms with Gasteiger partial charge in [-0.05, 0) is 46.1 Å². The van der Waals surface area contributed by atoms with Crippen LogP contribution in [0.2, 0.25) is 0 Å². The van der Waals surface area contributed by atoms with Crippen LogP contribution in [0.4, 0.5) is 0 Å². The number of H-pyrrole nitrogens is 1. The molecule has 2 aromatic rings. The molecular formula is C19H26N6O2. The molecule has 3 N–H and O–H groups in total. The SMILES string of the molecule is CC1(C)CC(NC(=O)c2n[nH]n(N=Cc3ccccc3)c2=O)CC(C)(C)N1. The van der Waals surface area contributed by atoms with Crippen LogP contribution in [-0.2, 0) is 0 Å². The summed E-state index contributed by atoms with van der Waals surface area (Å²) in [5, 5.41) is 16.9. The highest BCUT2D eigenvalue weighted by Crippen LogP contribution is 2.28. The lowest BCUT2D eigenvalue weighted by Crippen LogP contribution is -2.62. The normalized spacial score (nSPS) is 19.3. The van der Waals surface area contributed by atoms with Crippen LogP contribution >= 0.6 is 0 Å². The first-order valence-corrected chi connectivity index (χ1v) is 9.02. The molecule has 1 aromatic heterocycles. The molecule has 0 unspecified atom stereocenters. The lowest BCUT2D eigenvalue weighted by Gasteiger charge is -2.46. The topological polar surface area (TPSA) is 104 Å². The molecule has 1 saturated heterocycles. The Morgan fingerprint density at radius 2 is 1.85 bits per heavy atom. The lowest BCUT2D eigenvalue weighted by atomic mass is 9.79. The average Bonchev–Trinajstić information content (AvgIpc) is 2.92. The number of nitrogens with one attached hydrogen (secondary N) is 3. The van der Waals surface area contributed by atoms with Crippen LogP contribution < -0.4 is 16.2 Å². The first kappa shape index (κ1) is 19.0. The Morgan fingerprint density at radius 1 is 1.22 bits per heavy atom. The van der Waals surface area contributed by atoms with E-state index >= 15 is 0 Å². The van der Waals surface area contributed by atoms with Gasteiger partial charge in [-0.3, -0.25) is 9.59 Å². The molecule has 144 valence electrons. The summed E-state index contributed by atoms with van der Waals surface area (Å²) in [6.07, 6.45) is 3.07. The molecular weight excluding hydrogens is 344 g/mol. The number of hydrogen-bond donors (Lipinski definition) is 3. The third kappa shape index (κ3) is 4.71. The van der Waals surface area contributed by atoms with Crippen molar-refractivity contribution in [1.29, 1.82) is 0 Å². The first-order valence-electron chi connectivity index (χ1n) is 9.02. The smallest absolute Gasteiger partial charge is 0.320 e. The summed E-state index contributed by atoms with van der Waals surface area (Å²) in [5.41, 5.74) is -0.137. The van der Waals surface area contributed by atoms with Gasteiger partial charge in [0.15, 0.2) is 0 Å². The minimum absolute atomic E-state index is 0.0406. The molecule has 0 radical (unpaired) electrons. The Hall–Kier alpha value is -2.74. The molecule has 3 rings (SSSR count). The fraction of sp³-hybridized carbons (Fsp3) is 0.474. The van der Waals surface area contributed by atoms with Gasteiger partial charge in [0.2, 0.25) is 5.69 Å². The fourth-order valence-electron chi connectivity index (χ4n) is 3.86. The molecule has 0 saturated carbocycles. The minimum Gasteiger partial charge on any atom is -0.348 e. The van der Waals surface area contributed by atoms with Crippen molar-refractivity contribution in [3.8, 4) is 0 Å². The van der Waals surface area contributed by atoms with Crippen LogP contribution in [0.1, 0.15) is 56.6 Å². The van der Waals surface area contributed by atoms with Gasteiger partial charge in [0.25, 0.3) is 5.91 Å². The Kier molecular flexibility index (Phi) is 5.01. The van der Waals surface area contributed by atoms with E-state index in [0.29, 0.717) is 0 Å². The van der Waals surface area contributed by atoms with E-state index in [2.05, 4.69) is 53.7 Å². The predicted molar refractivity (Wildman–Crippen MR) is 104 cm³/mol. The van der Waals surface area contributed by atoms with E-state index in [9.17, 15) is 9.59 Å². The highest BCUT2D eigenvalue weighted by atomic mass is 16.2. The minimum atomic E-state index is -0.577. The number of aromatic amines is 1. The van der Waals surface area contributed by atoms with Crippen molar-refractivity contribution in [2.75, 3.05) is 0 Å². The molecule has 0 atom stereocenters. The third-order valence-electron chi connectivity index (χ3n) is 4.51. The molecule has 1 amide bonds. The monoisotopic (exact) mass is 370 g/mol. The maximum Gasteiger partial charge on any atom is 0.320 e. The Labute approximate surface area is 158 Å². The van der Waals surface area contributed by atoms with Crippen molar-refractivity contribution in [1.82, 2.24) is 25.7 Å². The average molecular weight is 370 g/mol. The number of amides is 1. The van der Waals surface area contributed by atoms with Gasteiger partial charge < -0.3 is 10.6 Å². The number of nitrogens with zero attached hydrogens (tertiary/aromatic N) is 3. The van der Waals surface area contributed by atoms with Gasteiger partial charge in [0.05, 0.1) is 6.21 Å². The Balaban J connectivity index is 1.72.